The van der Waals surface area contributed by atoms with Crippen molar-refractivity contribution in [1.82, 2.24) is 0 Å². The van der Waals surface area contributed by atoms with Crippen LogP contribution in [-0.2, 0) is 10.2 Å². The summed E-state index contributed by atoms with van der Waals surface area (Å²) >= 11 is 0. The second-order valence-electron chi connectivity index (χ2n) is 4.59. The van der Waals surface area contributed by atoms with Gasteiger partial charge in [-0.2, -0.15) is 0 Å². The van der Waals surface area contributed by atoms with Crippen LogP contribution in [0.25, 0.3) is 10.8 Å². The lowest BCUT2D eigenvalue weighted by molar-refractivity contribution is -0.111. The van der Waals surface area contributed by atoms with Gasteiger partial charge in [0.25, 0.3) is 0 Å². The van der Waals surface area contributed by atoms with E-state index in [0.717, 1.165) is 22.6 Å². The molecule has 0 bridgehead atoms. The van der Waals surface area contributed by atoms with Crippen molar-refractivity contribution in [2.75, 3.05) is 0 Å². The average molecular weight is 214 g/mol. The highest BCUT2D eigenvalue weighted by Crippen LogP contribution is 2.26. The Morgan fingerprint density at radius 3 is 2.44 bits per heavy atom. The number of phenolic OH excluding ortho intramolecular Hbond substituents is 1. The molecule has 16 heavy (non-hydrogen) atoms. The Balaban J connectivity index is 2.63. The molecule has 2 aromatic rings. The first-order valence-electron chi connectivity index (χ1n) is 5.22. The fourth-order valence-corrected chi connectivity index (χ4v) is 1.70. The standard InChI is InChI=1S/C14H14O2/c1-14(2,9-15)12-5-3-10-4-6-13(16)8-11(10)7-12/h3-9,16H,1-2H3. The van der Waals surface area contributed by atoms with Crippen LogP contribution in [0.5, 0.6) is 5.75 Å². The Morgan fingerprint density at radius 2 is 1.75 bits per heavy atom. The van der Waals surface area contributed by atoms with Gasteiger partial charge in [-0.05, 0) is 42.3 Å². The summed E-state index contributed by atoms with van der Waals surface area (Å²) in [5, 5.41) is 11.4. The van der Waals surface area contributed by atoms with Gasteiger partial charge in [0.1, 0.15) is 12.0 Å². The zero-order valence-electron chi connectivity index (χ0n) is 9.40. The van der Waals surface area contributed by atoms with Crippen molar-refractivity contribution in [3.63, 3.8) is 0 Å². The van der Waals surface area contributed by atoms with Crippen molar-refractivity contribution in [3.8, 4) is 5.75 Å². The highest BCUT2D eigenvalue weighted by molar-refractivity contribution is 5.85. The van der Waals surface area contributed by atoms with Crippen LogP contribution in [0.2, 0.25) is 0 Å². The molecule has 2 heteroatoms. The minimum atomic E-state index is -0.486. The summed E-state index contributed by atoms with van der Waals surface area (Å²) in [5.74, 6) is 0.244. The molecule has 0 spiro atoms. The third kappa shape index (κ3) is 1.78. The largest absolute Gasteiger partial charge is 0.508 e. The molecular weight excluding hydrogens is 200 g/mol. The summed E-state index contributed by atoms with van der Waals surface area (Å²) in [6.45, 7) is 3.76. The summed E-state index contributed by atoms with van der Waals surface area (Å²) in [4.78, 5) is 11.0. The summed E-state index contributed by atoms with van der Waals surface area (Å²) in [6, 6.07) is 11.1. The van der Waals surface area contributed by atoms with E-state index in [-0.39, 0.29) is 5.75 Å². The maximum absolute atomic E-state index is 11.0. The number of phenols is 1. The minimum absolute atomic E-state index is 0.244. The second-order valence-corrected chi connectivity index (χ2v) is 4.59. The highest BCUT2D eigenvalue weighted by atomic mass is 16.3. The molecule has 82 valence electrons. The normalized spacial score (nSPS) is 11.6. The minimum Gasteiger partial charge on any atom is -0.508 e. The van der Waals surface area contributed by atoms with Crippen LogP contribution < -0.4 is 0 Å². The molecule has 0 amide bonds. The Morgan fingerprint density at radius 1 is 1.06 bits per heavy atom. The molecule has 0 aliphatic rings. The third-order valence-corrected chi connectivity index (χ3v) is 2.86. The maximum atomic E-state index is 11.0. The topological polar surface area (TPSA) is 37.3 Å². The van der Waals surface area contributed by atoms with E-state index in [1.807, 2.05) is 38.1 Å². The zero-order valence-corrected chi connectivity index (χ0v) is 9.40. The fraction of sp³-hybridized carbons (Fsp3) is 0.214. The predicted molar refractivity (Wildman–Crippen MR) is 64.7 cm³/mol. The van der Waals surface area contributed by atoms with Gasteiger partial charge in [-0.25, -0.2) is 0 Å². The highest BCUT2D eigenvalue weighted by Gasteiger charge is 2.19. The first kappa shape index (κ1) is 10.7. The van der Waals surface area contributed by atoms with E-state index in [1.165, 1.54) is 0 Å². The molecule has 1 N–H and O–H groups in total. The maximum Gasteiger partial charge on any atom is 0.129 e. The summed E-state index contributed by atoms with van der Waals surface area (Å²) in [7, 11) is 0. The van der Waals surface area contributed by atoms with Crippen LogP contribution in [0.15, 0.2) is 36.4 Å². The molecule has 0 atom stereocenters. The zero-order chi connectivity index (χ0) is 11.8. The van der Waals surface area contributed by atoms with Crippen molar-refractivity contribution in [1.29, 1.82) is 0 Å². The number of aldehydes is 1. The number of hydrogen-bond acceptors (Lipinski definition) is 2. The van der Waals surface area contributed by atoms with Gasteiger partial charge in [0.15, 0.2) is 0 Å². The molecule has 0 aliphatic heterocycles. The van der Waals surface area contributed by atoms with Crippen molar-refractivity contribution in [3.05, 3.63) is 42.0 Å². The van der Waals surface area contributed by atoms with E-state index in [2.05, 4.69) is 0 Å². The van der Waals surface area contributed by atoms with Gasteiger partial charge in [0, 0.05) is 5.41 Å². The van der Waals surface area contributed by atoms with Gasteiger partial charge in [-0.1, -0.05) is 24.3 Å². The molecule has 2 aromatic carbocycles. The fourth-order valence-electron chi connectivity index (χ4n) is 1.70. The monoisotopic (exact) mass is 214 g/mol. The SMILES string of the molecule is CC(C)(C=O)c1ccc2ccc(O)cc2c1. The first-order chi connectivity index (χ1) is 7.53. The molecule has 0 radical (unpaired) electrons. The molecule has 0 aromatic heterocycles. The average Bonchev–Trinajstić information content (AvgIpc) is 2.28. The molecule has 0 saturated carbocycles. The number of carbonyl (C=O) groups excluding carboxylic acids is 1. The van der Waals surface area contributed by atoms with Crippen LogP contribution in [-0.4, -0.2) is 11.4 Å². The second kappa shape index (κ2) is 3.63. The van der Waals surface area contributed by atoms with E-state index in [9.17, 15) is 9.90 Å². The van der Waals surface area contributed by atoms with Crippen LogP contribution >= 0.6 is 0 Å². The lowest BCUT2D eigenvalue weighted by Gasteiger charge is -2.17. The van der Waals surface area contributed by atoms with Crippen LogP contribution in [0, 0.1) is 0 Å². The lowest BCUT2D eigenvalue weighted by atomic mass is 9.85. The summed E-state index contributed by atoms with van der Waals surface area (Å²) in [5.41, 5.74) is 0.472. The van der Waals surface area contributed by atoms with E-state index in [0.29, 0.717) is 0 Å². The van der Waals surface area contributed by atoms with Crippen molar-refractivity contribution in [2.24, 2.45) is 0 Å². The number of fused-ring (bicyclic) bond motifs is 1. The predicted octanol–water partition coefficient (Wildman–Crippen LogP) is 3.02. The Bertz CT molecular complexity index is 541. The van der Waals surface area contributed by atoms with Gasteiger partial charge >= 0.3 is 0 Å². The Kier molecular flexibility index (Phi) is 2.43. The molecule has 2 rings (SSSR count). The summed E-state index contributed by atoms with van der Waals surface area (Å²) in [6.07, 6.45) is 0.941. The number of benzene rings is 2. The number of aromatic hydroxyl groups is 1. The van der Waals surface area contributed by atoms with E-state index in [1.54, 1.807) is 12.1 Å². The van der Waals surface area contributed by atoms with Crippen LogP contribution in [0.1, 0.15) is 19.4 Å². The molecule has 0 heterocycles. The Hall–Kier alpha value is -1.83. The van der Waals surface area contributed by atoms with E-state index in [4.69, 9.17) is 0 Å². The van der Waals surface area contributed by atoms with E-state index < -0.39 is 5.41 Å². The molecule has 0 aliphatic carbocycles. The van der Waals surface area contributed by atoms with Gasteiger partial charge in [0.05, 0.1) is 0 Å². The van der Waals surface area contributed by atoms with Crippen molar-refractivity contribution in [2.45, 2.75) is 19.3 Å². The smallest absolute Gasteiger partial charge is 0.129 e. The molecule has 0 saturated heterocycles. The lowest BCUT2D eigenvalue weighted by Crippen LogP contribution is -2.18. The summed E-state index contributed by atoms with van der Waals surface area (Å²) < 4.78 is 0. The van der Waals surface area contributed by atoms with Gasteiger partial charge in [0.2, 0.25) is 0 Å². The molecular formula is C14H14O2. The quantitative estimate of drug-likeness (QED) is 0.780. The Labute approximate surface area is 94.5 Å². The molecule has 0 unspecified atom stereocenters. The van der Waals surface area contributed by atoms with Crippen molar-refractivity contribution >= 4 is 17.1 Å². The van der Waals surface area contributed by atoms with E-state index >= 15 is 0 Å². The molecule has 0 fully saturated rings. The first-order valence-corrected chi connectivity index (χ1v) is 5.22. The number of carbonyl (C=O) groups is 1. The molecule has 2 nitrogen and oxygen atoms in total. The van der Waals surface area contributed by atoms with Gasteiger partial charge in [-0.15, -0.1) is 0 Å². The van der Waals surface area contributed by atoms with Crippen LogP contribution in [0.3, 0.4) is 0 Å². The van der Waals surface area contributed by atoms with Gasteiger partial charge in [-0.3, -0.25) is 0 Å². The third-order valence-electron chi connectivity index (χ3n) is 2.86. The van der Waals surface area contributed by atoms with Crippen molar-refractivity contribution < 1.29 is 9.90 Å². The number of hydrogen-bond donors (Lipinski definition) is 1. The number of rotatable bonds is 2. The van der Waals surface area contributed by atoms with Crippen LogP contribution in [0.4, 0.5) is 0 Å². The van der Waals surface area contributed by atoms with Gasteiger partial charge < -0.3 is 9.90 Å².